The highest BCUT2D eigenvalue weighted by atomic mass is 19.1. The van der Waals surface area contributed by atoms with Gasteiger partial charge in [0.05, 0.1) is 11.6 Å². The van der Waals surface area contributed by atoms with Crippen LogP contribution in [0.4, 0.5) is 4.39 Å². The first-order valence-electron chi connectivity index (χ1n) is 10.0. The predicted octanol–water partition coefficient (Wildman–Crippen LogP) is 4.84. The number of hydrogen-bond acceptors (Lipinski definition) is 4. The maximum atomic E-state index is 13.2. The molecule has 0 spiro atoms. The summed E-state index contributed by atoms with van der Waals surface area (Å²) < 4.78 is 20.9. The van der Waals surface area contributed by atoms with Gasteiger partial charge in [-0.25, -0.2) is 4.39 Å². The third kappa shape index (κ3) is 4.40. The van der Waals surface area contributed by atoms with Crippen molar-refractivity contribution in [2.75, 3.05) is 0 Å². The van der Waals surface area contributed by atoms with Gasteiger partial charge in [-0.1, -0.05) is 30.3 Å². The minimum Gasteiger partial charge on any atom is -0.416 e. The lowest BCUT2D eigenvalue weighted by atomic mass is 10.1. The van der Waals surface area contributed by atoms with E-state index in [4.69, 9.17) is 4.42 Å². The third-order valence-corrected chi connectivity index (χ3v) is 5.30. The zero-order valence-corrected chi connectivity index (χ0v) is 17.6. The molecule has 2 heterocycles. The number of halogens is 1. The molecule has 0 radical (unpaired) electrons. The molecule has 1 N–H and O–H groups in total. The molecule has 0 saturated carbocycles. The average Bonchev–Trinajstić information content (AvgIpc) is 3.35. The molecule has 4 aromatic rings. The third-order valence-electron chi connectivity index (χ3n) is 5.30. The lowest BCUT2D eigenvalue weighted by molar-refractivity contribution is -0.122. The molecule has 0 bridgehead atoms. The van der Waals surface area contributed by atoms with E-state index in [0.29, 0.717) is 17.3 Å². The van der Waals surface area contributed by atoms with Crippen LogP contribution in [-0.4, -0.2) is 20.7 Å². The fourth-order valence-electron chi connectivity index (χ4n) is 3.56. The van der Waals surface area contributed by atoms with E-state index in [0.717, 1.165) is 22.5 Å². The van der Waals surface area contributed by atoms with E-state index >= 15 is 0 Å². The SMILES string of the molecule is Cc1cc(-c2nnc(-c3ccc(F)cc3)o2)c(C)n1CC(=O)N[C@H](C)c1ccccc1. The number of nitrogens with one attached hydrogen (secondary N) is 1. The van der Waals surface area contributed by atoms with E-state index in [1.165, 1.54) is 12.1 Å². The highest BCUT2D eigenvalue weighted by molar-refractivity contribution is 5.77. The Morgan fingerprint density at radius 1 is 1.06 bits per heavy atom. The molecule has 0 unspecified atom stereocenters. The maximum Gasteiger partial charge on any atom is 0.249 e. The molecule has 0 aliphatic carbocycles. The average molecular weight is 418 g/mol. The van der Waals surface area contributed by atoms with Gasteiger partial charge in [-0.15, -0.1) is 10.2 Å². The Kier molecular flexibility index (Phi) is 5.66. The molecule has 0 saturated heterocycles. The molecule has 0 aliphatic heterocycles. The van der Waals surface area contributed by atoms with Crippen LogP contribution < -0.4 is 5.32 Å². The van der Waals surface area contributed by atoms with Gasteiger partial charge in [-0.05, 0) is 56.7 Å². The number of amides is 1. The number of aromatic nitrogens is 3. The number of carbonyl (C=O) groups is 1. The lowest BCUT2D eigenvalue weighted by Crippen LogP contribution is -2.30. The van der Waals surface area contributed by atoms with Crippen molar-refractivity contribution in [1.82, 2.24) is 20.1 Å². The second kappa shape index (κ2) is 8.55. The van der Waals surface area contributed by atoms with Gasteiger partial charge in [0.25, 0.3) is 0 Å². The van der Waals surface area contributed by atoms with Crippen LogP contribution in [0.15, 0.2) is 65.1 Å². The summed E-state index contributed by atoms with van der Waals surface area (Å²) in [5.74, 6) is 0.264. The van der Waals surface area contributed by atoms with E-state index in [1.54, 1.807) is 12.1 Å². The van der Waals surface area contributed by atoms with Crippen molar-refractivity contribution in [3.05, 3.63) is 83.4 Å². The first-order valence-corrected chi connectivity index (χ1v) is 10.0. The van der Waals surface area contributed by atoms with E-state index in [9.17, 15) is 9.18 Å². The minimum atomic E-state index is -0.327. The molecule has 4 rings (SSSR count). The van der Waals surface area contributed by atoms with Crippen molar-refractivity contribution in [2.45, 2.75) is 33.4 Å². The normalized spacial score (nSPS) is 12.0. The number of nitrogens with zero attached hydrogens (tertiary/aromatic N) is 3. The van der Waals surface area contributed by atoms with Crippen LogP contribution in [-0.2, 0) is 11.3 Å². The van der Waals surface area contributed by atoms with E-state index < -0.39 is 0 Å². The Hall–Kier alpha value is -3.74. The minimum absolute atomic E-state index is 0.0813. The summed E-state index contributed by atoms with van der Waals surface area (Å²) in [6, 6.07) is 17.6. The number of benzene rings is 2. The summed E-state index contributed by atoms with van der Waals surface area (Å²) in [5.41, 5.74) is 4.23. The van der Waals surface area contributed by atoms with E-state index in [1.807, 2.05) is 61.7 Å². The molecule has 1 atom stereocenters. The predicted molar refractivity (Wildman–Crippen MR) is 116 cm³/mol. The molecule has 0 aliphatic rings. The molecule has 1 amide bonds. The molecular formula is C24H23FN4O2. The summed E-state index contributed by atoms with van der Waals surface area (Å²) in [6.07, 6.45) is 0. The van der Waals surface area contributed by atoms with Crippen LogP contribution in [0.1, 0.15) is 29.9 Å². The molecule has 2 aromatic heterocycles. The second-order valence-electron chi connectivity index (χ2n) is 7.49. The first-order chi connectivity index (χ1) is 14.9. The monoisotopic (exact) mass is 418 g/mol. The van der Waals surface area contributed by atoms with Crippen molar-refractivity contribution in [3.63, 3.8) is 0 Å². The molecule has 158 valence electrons. The number of aryl methyl sites for hydroxylation is 1. The van der Waals surface area contributed by atoms with E-state index in [2.05, 4.69) is 15.5 Å². The number of hydrogen-bond donors (Lipinski definition) is 1. The van der Waals surface area contributed by atoms with Gasteiger partial charge in [0.1, 0.15) is 12.4 Å². The van der Waals surface area contributed by atoms with Crippen molar-refractivity contribution in [1.29, 1.82) is 0 Å². The smallest absolute Gasteiger partial charge is 0.249 e. The zero-order chi connectivity index (χ0) is 22.0. The summed E-state index contributed by atoms with van der Waals surface area (Å²) in [6.45, 7) is 6.00. The van der Waals surface area contributed by atoms with E-state index in [-0.39, 0.29) is 24.3 Å². The molecule has 31 heavy (non-hydrogen) atoms. The Morgan fingerprint density at radius 3 is 2.45 bits per heavy atom. The highest BCUT2D eigenvalue weighted by Gasteiger charge is 2.19. The number of carbonyl (C=O) groups excluding carboxylic acids is 1. The first kappa shape index (κ1) is 20.5. The fraction of sp³-hybridized carbons (Fsp3) is 0.208. The summed E-state index contributed by atoms with van der Waals surface area (Å²) >= 11 is 0. The van der Waals surface area contributed by atoms with Crippen LogP contribution >= 0.6 is 0 Å². The molecule has 7 heteroatoms. The lowest BCUT2D eigenvalue weighted by Gasteiger charge is -2.16. The molecular weight excluding hydrogens is 395 g/mol. The van der Waals surface area contributed by atoms with Crippen LogP contribution in [0.5, 0.6) is 0 Å². The van der Waals surface area contributed by atoms with Crippen LogP contribution in [0.2, 0.25) is 0 Å². The Labute approximate surface area is 179 Å². The zero-order valence-electron chi connectivity index (χ0n) is 17.6. The standard InChI is InChI=1S/C24H23FN4O2/c1-15-13-21(24-28-27-23(31-24)19-9-11-20(25)12-10-19)17(3)29(15)14-22(30)26-16(2)18-7-5-4-6-8-18/h4-13,16H,14H2,1-3H3,(H,26,30)/t16-/m1/s1. The summed E-state index contributed by atoms with van der Waals surface area (Å²) in [5, 5.41) is 11.3. The van der Waals surface area contributed by atoms with Gasteiger partial charge in [0.2, 0.25) is 17.7 Å². The van der Waals surface area contributed by atoms with Gasteiger partial charge < -0.3 is 14.3 Å². The molecule has 2 aromatic carbocycles. The van der Waals surface area contributed by atoms with Gasteiger partial charge in [-0.3, -0.25) is 4.79 Å². The quantitative estimate of drug-likeness (QED) is 0.486. The Balaban J connectivity index is 1.51. The van der Waals surface area contributed by atoms with Gasteiger partial charge >= 0.3 is 0 Å². The second-order valence-corrected chi connectivity index (χ2v) is 7.49. The molecule has 0 fully saturated rings. The maximum absolute atomic E-state index is 13.2. The van der Waals surface area contributed by atoms with Crippen molar-refractivity contribution in [3.8, 4) is 22.9 Å². The van der Waals surface area contributed by atoms with Crippen molar-refractivity contribution >= 4 is 5.91 Å². The van der Waals surface area contributed by atoms with Crippen molar-refractivity contribution in [2.24, 2.45) is 0 Å². The number of rotatable bonds is 6. The Morgan fingerprint density at radius 2 is 1.74 bits per heavy atom. The highest BCUT2D eigenvalue weighted by Crippen LogP contribution is 2.28. The van der Waals surface area contributed by atoms with Crippen LogP contribution in [0, 0.1) is 19.7 Å². The summed E-state index contributed by atoms with van der Waals surface area (Å²) in [7, 11) is 0. The Bertz CT molecular complexity index is 1200. The largest absolute Gasteiger partial charge is 0.416 e. The van der Waals surface area contributed by atoms with Crippen molar-refractivity contribution < 1.29 is 13.6 Å². The van der Waals surface area contributed by atoms with Crippen LogP contribution in [0.25, 0.3) is 22.9 Å². The summed E-state index contributed by atoms with van der Waals surface area (Å²) in [4.78, 5) is 12.6. The fourth-order valence-corrected chi connectivity index (χ4v) is 3.56. The topological polar surface area (TPSA) is 73.0 Å². The van der Waals surface area contributed by atoms with Crippen LogP contribution in [0.3, 0.4) is 0 Å². The van der Waals surface area contributed by atoms with Gasteiger partial charge in [0.15, 0.2) is 0 Å². The molecule has 6 nitrogen and oxygen atoms in total. The van der Waals surface area contributed by atoms with Gasteiger partial charge in [0, 0.05) is 17.0 Å². The van der Waals surface area contributed by atoms with Gasteiger partial charge in [-0.2, -0.15) is 0 Å².